The maximum atomic E-state index is 12.6. The first kappa shape index (κ1) is 18.3. The highest BCUT2D eigenvalue weighted by Gasteiger charge is 2.29. The van der Waals surface area contributed by atoms with Gasteiger partial charge in [0.2, 0.25) is 0 Å². The Kier molecular flexibility index (Phi) is 5.18. The van der Waals surface area contributed by atoms with Gasteiger partial charge in [-0.2, -0.15) is 0 Å². The predicted molar refractivity (Wildman–Crippen MR) is 95.8 cm³/mol. The third-order valence-corrected chi connectivity index (χ3v) is 6.10. The Morgan fingerprint density at radius 2 is 1.67 bits per heavy atom. The molecule has 1 N–H and O–H groups in total. The van der Waals surface area contributed by atoms with Crippen LogP contribution in [0.15, 0.2) is 36.4 Å². The molecule has 1 heterocycles. The highest BCUT2D eigenvalue weighted by molar-refractivity contribution is 7.91. The number of rotatable bonds is 5. The second-order valence-corrected chi connectivity index (χ2v) is 8.72. The van der Waals surface area contributed by atoms with Crippen LogP contribution in [0.1, 0.15) is 40.3 Å². The Morgan fingerprint density at radius 3 is 2.12 bits per heavy atom. The molecule has 5 nitrogen and oxygen atoms in total. The number of aromatic nitrogens is 1. The van der Waals surface area contributed by atoms with Crippen molar-refractivity contribution in [1.29, 1.82) is 0 Å². The van der Waals surface area contributed by atoms with Crippen molar-refractivity contribution in [3.8, 4) is 0 Å². The van der Waals surface area contributed by atoms with Crippen LogP contribution in [0.3, 0.4) is 0 Å². The average Bonchev–Trinajstić information content (AvgIpc) is 2.84. The van der Waals surface area contributed by atoms with E-state index in [-0.39, 0.29) is 5.91 Å². The molecule has 130 valence electrons. The van der Waals surface area contributed by atoms with E-state index in [4.69, 9.17) is 0 Å². The molecule has 0 fully saturated rings. The molecule has 2 rings (SSSR count). The molecular weight excluding hydrogens is 324 g/mol. The van der Waals surface area contributed by atoms with Crippen molar-refractivity contribution in [1.82, 2.24) is 9.88 Å². The SMILES string of the molecule is Cc1ccc([C@@H](NC(=O)c2ccc(C)n2C)[C@H](C)S(C)(=O)=O)cc1. The first-order valence-corrected chi connectivity index (χ1v) is 9.75. The minimum atomic E-state index is -3.31. The standard InChI is InChI=1S/C18H24N2O3S/c1-12-6-9-15(10-7-12)17(14(3)24(5,22)23)19-18(21)16-11-8-13(2)20(16)4/h6-11,14,17H,1-5H3,(H,19,21)/t14-,17-/m0/s1. The fraction of sp³-hybridized carbons (Fsp3) is 0.389. The smallest absolute Gasteiger partial charge is 0.268 e. The summed E-state index contributed by atoms with van der Waals surface area (Å²) in [6.07, 6.45) is 1.19. The summed E-state index contributed by atoms with van der Waals surface area (Å²) in [5, 5.41) is 2.16. The molecule has 0 aliphatic rings. The van der Waals surface area contributed by atoms with Crippen LogP contribution in [0, 0.1) is 13.8 Å². The van der Waals surface area contributed by atoms with E-state index in [1.807, 2.05) is 51.2 Å². The van der Waals surface area contributed by atoms with E-state index in [1.54, 1.807) is 17.6 Å². The van der Waals surface area contributed by atoms with Gasteiger partial charge < -0.3 is 9.88 Å². The number of carbonyl (C=O) groups is 1. The molecule has 0 saturated carbocycles. The maximum Gasteiger partial charge on any atom is 0.268 e. The van der Waals surface area contributed by atoms with E-state index >= 15 is 0 Å². The van der Waals surface area contributed by atoms with E-state index < -0.39 is 21.1 Å². The van der Waals surface area contributed by atoms with Crippen LogP contribution in [-0.2, 0) is 16.9 Å². The van der Waals surface area contributed by atoms with Crippen LogP contribution < -0.4 is 5.32 Å². The zero-order valence-electron chi connectivity index (χ0n) is 14.7. The summed E-state index contributed by atoms with van der Waals surface area (Å²) in [7, 11) is -1.50. The molecule has 2 aromatic rings. The van der Waals surface area contributed by atoms with E-state index in [9.17, 15) is 13.2 Å². The lowest BCUT2D eigenvalue weighted by Crippen LogP contribution is -2.39. The molecule has 1 aromatic heterocycles. The minimum Gasteiger partial charge on any atom is -0.344 e. The second kappa shape index (κ2) is 6.81. The van der Waals surface area contributed by atoms with Crippen LogP contribution in [0.5, 0.6) is 0 Å². The van der Waals surface area contributed by atoms with Crippen molar-refractivity contribution < 1.29 is 13.2 Å². The Morgan fingerprint density at radius 1 is 1.08 bits per heavy atom. The van der Waals surface area contributed by atoms with Gasteiger partial charge in [0.1, 0.15) is 5.69 Å². The number of benzene rings is 1. The van der Waals surface area contributed by atoms with Gasteiger partial charge in [0, 0.05) is 19.0 Å². The Labute approximate surface area is 143 Å². The number of sulfone groups is 1. The first-order valence-electron chi connectivity index (χ1n) is 7.80. The normalized spacial score (nSPS) is 14.2. The summed E-state index contributed by atoms with van der Waals surface area (Å²) in [6.45, 7) is 5.49. The molecule has 6 heteroatoms. The van der Waals surface area contributed by atoms with E-state index in [0.717, 1.165) is 16.8 Å². The molecule has 0 aliphatic heterocycles. The zero-order chi connectivity index (χ0) is 18.1. The van der Waals surface area contributed by atoms with Crippen LogP contribution in [0.4, 0.5) is 0 Å². The lowest BCUT2D eigenvalue weighted by Gasteiger charge is -2.25. The molecular formula is C18H24N2O3S. The van der Waals surface area contributed by atoms with E-state index in [0.29, 0.717) is 5.69 Å². The van der Waals surface area contributed by atoms with Crippen LogP contribution in [0.25, 0.3) is 0 Å². The average molecular weight is 348 g/mol. The first-order chi connectivity index (χ1) is 11.1. The van der Waals surface area contributed by atoms with Gasteiger partial charge in [0.05, 0.1) is 11.3 Å². The van der Waals surface area contributed by atoms with Gasteiger partial charge in [-0.1, -0.05) is 29.8 Å². The van der Waals surface area contributed by atoms with Crippen molar-refractivity contribution in [2.45, 2.75) is 32.1 Å². The molecule has 24 heavy (non-hydrogen) atoms. The number of nitrogens with zero attached hydrogens (tertiary/aromatic N) is 1. The number of hydrogen-bond donors (Lipinski definition) is 1. The fourth-order valence-electron chi connectivity index (χ4n) is 2.55. The highest BCUT2D eigenvalue weighted by atomic mass is 32.2. The van der Waals surface area contributed by atoms with Gasteiger partial charge in [-0.25, -0.2) is 8.42 Å². The molecule has 0 radical (unpaired) electrons. The largest absolute Gasteiger partial charge is 0.344 e. The summed E-state index contributed by atoms with van der Waals surface area (Å²) in [6, 6.07) is 10.5. The lowest BCUT2D eigenvalue weighted by molar-refractivity contribution is 0.0928. The Bertz CT molecular complexity index is 836. The number of hydrogen-bond acceptors (Lipinski definition) is 3. The number of nitrogens with one attached hydrogen (secondary N) is 1. The third kappa shape index (κ3) is 3.87. The van der Waals surface area contributed by atoms with Crippen molar-refractivity contribution in [2.24, 2.45) is 7.05 Å². The van der Waals surface area contributed by atoms with Crippen LogP contribution >= 0.6 is 0 Å². The van der Waals surface area contributed by atoms with Gasteiger partial charge in [-0.3, -0.25) is 4.79 Å². The van der Waals surface area contributed by atoms with Crippen molar-refractivity contribution >= 4 is 15.7 Å². The van der Waals surface area contributed by atoms with Gasteiger partial charge in [-0.15, -0.1) is 0 Å². The second-order valence-electron chi connectivity index (χ2n) is 6.32. The molecule has 1 amide bonds. The lowest BCUT2D eigenvalue weighted by atomic mass is 10.0. The monoisotopic (exact) mass is 348 g/mol. The number of aryl methyl sites for hydroxylation is 2. The van der Waals surface area contributed by atoms with Crippen molar-refractivity contribution in [2.75, 3.05) is 6.26 Å². The molecule has 0 saturated heterocycles. The van der Waals surface area contributed by atoms with Gasteiger partial charge >= 0.3 is 0 Å². The summed E-state index contributed by atoms with van der Waals surface area (Å²) >= 11 is 0. The molecule has 0 spiro atoms. The summed E-state index contributed by atoms with van der Waals surface area (Å²) in [5.41, 5.74) is 3.32. The Balaban J connectivity index is 2.37. The fourth-order valence-corrected chi connectivity index (χ4v) is 3.27. The molecule has 0 bridgehead atoms. The highest BCUT2D eigenvalue weighted by Crippen LogP contribution is 2.23. The molecule has 0 aliphatic carbocycles. The van der Waals surface area contributed by atoms with Gasteiger partial charge in [0.15, 0.2) is 9.84 Å². The predicted octanol–water partition coefficient (Wildman–Crippen LogP) is 2.55. The molecule has 0 unspecified atom stereocenters. The third-order valence-electron chi connectivity index (χ3n) is 4.47. The van der Waals surface area contributed by atoms with Crippen LogP contribution in [0.2, 0.25) is 0 Å². The maximum absolute atomic E-state index is 12.6. The number of amides is 1. The van der Waals surface area contributed by atoms with Crippen molar-refractivity contribution in [3.63, 3.8) is 0 Å². The number of carbonyl (C=O) groups excluding carboxylic acids is 1. The Hall–Kier alpha value is -2.08. The van der Waals surface area contributed by atoms with Crippen molar-refractivity contribution in [3.05, 3.63) is 58.9 Å². The topological polar surface area (TPSA) is 68.2 Å². The molecule has 1 aromatic carbocycles. The van der Waals surface area contributed by atoms with Crippen LogP contribution in [-0.4, -0.2) is 30.4 Å². The van der Waals surface area contributed by atoms with Gasteiger partial charge in [-0.05, 0) is 38.5 Å². The van der Waals surface area contributed by atoms with E-state index in [2.05, 4.69) is 5.32 Å². The quantitative estimate of drug-likeness (QED) is 0.903. The summed E-state index contributed by atoms with van der Waals surface area (Å²) in [4.78, 5) is 12.6. The van der Waals surface area contributed by atoms with Gasteiger partial charge in [0.25, 0.3) is 5.91 Å². The summed E-state index contributed by atoms with van der Waals surface area (Å²) < 4.78 is 25.9. The van der Waals surface area contributed by atoms with E-state index in [1.165, 1.54) is 6.26 Å². The zero-order valence-corrected chi connectivity index (χ0v) is 15.5. The minimum absolute atomic E-state index is 0.285. The molecule has 2 atom stereocenters. The summed E-state index contributed by atoms with van der Waals surface area (Å²) in [5.74, 6) is -0.285.